The Morgan fingerprint density at radius 2 is 2.35 bits per heavy atom. The van der Waals surface area contributed by atoms with Crippen LogP contribution < -0.4 is 5.32 Å². The highest BCUT2D eigenvalue weighted by Crippen LogP contribution is 2.07. The SMILES string of the molecule is Cc1nc(C(=O)NCCN2CCOCC2)cs1. The van der Waals surface area contributed by atoms with E-state index in [1.807, 2.05) is 6.92 Å². The number of rotatable bonds is 4. The highest BCUT2D eigenvalue weighted by Gasteiger charge is 2.11. The number of ether oxygens (including phenoxy) is 1. The third-order valence-corrected chi connectivity index (χ3v) is 3.44. The van der Waals surface area contributed by atoms with Crippen LogP contribution in [-0.4, -0.2) is 55.2 Å². The lowest BCUT2D eigenvalue weighted by molar-refractivity contribution is 0.0383. The zero-order valence-electron chi connectivity index (χ0n) is 9.94. The van der Waals surface area contributed by atoms with E-state index >= 15 is 0 Å². The number of nitrogens with zero attached hydrogens (tertiary/aromatic N) is 2. The van der Waals surface area contributed by atoms with Crippen molar-refractivity contribution in [3.8, 4) is 0 Å². The van der Waals surface area contributed by atoms with E-state index < -0.39 is 0 Å². The molecule has 6 heteroatoms. The number of morpholine rings is 1. The van der Waals surface area contributed by atoms with Gasteiger partial charge in [-0.25, -0.2) is 4.98 Å². The molecule has 1 aliphatic rings. The van der Waals surface area contributed by atoms with E-state index in [1.165, 1.54) is 11.3 Å². The van der Waals surface area contributed by atoms with Crippen LogP contribution in [0.1, 0.15) is 15.5 Å². The number of thiazole rings is 1. The van der Waals surface area contributed by atoms with Gasteiger partial charge < -0.3 is 10.1 Å². The lowest BCUT2D eigenvalue weighted by atomic mass is 10.4. The number of carbonyl (C=O) groups excluding carboxylic acids is 1. The number of hydrogen-bond acceptors (Lipinski definition) is 5. The van der Waals surface area contributed by atoms with Crippen molar-refractivity contribution in [1.29, 1.82) is 0 Å². The Labute approximate surface area is 105 Å². The van der Waals surface area contributed by atoms with Crippen molar-refractivity contribution in [1.82, 2.24) is 15.2 Å². The molecule has 1 aromatic heterocycles. The lowest BCUT2D eigenvalue weighted by Crippen LogP contribution is -2.41. The minimum absolute atomic E-state index is 0.0809. The van der Waals surface area contributed by atoms with E-state index in [1.54, 1.807) is 5.38 Å². The first-order valence-corrected chi connectivity index (χ1v) is 6.64. The van der Waals surface area contributed by atoms with Crippen molar-refractivity contribution in [3.05, 3.63) is 16.1 Å². The normalized spacial score (nSPS) is 17.0. The molecule has 5 nitrogen and oxygen atoms in total. The van der Waals surface area contributed by atoms with Crippen LogP contribution in [-0.2, 0) is 4.74 Å². The van der Waals surface area contributed by atoms with Crippen LogP contribution in [0, 0.1) is 6.92 Å². The number of carbonyl (C=O) groups is 1. The van der Waals surface area contributed by atoms with Crippen LogP contribution in [0.5, 0.6) is 0 Å². The van der Waals surface area contributed by atoms with Crippen molar-refractivity contribution < 1.29 is 9.53 Å². The Morgan fingerprint density at radius 3 is 3.00 bits per heavy atom. The molecule has 94 valence electrons. The van der Waals surface area contributed by atoms with Gasteiger partial charge in [-0.2, -0.15) is 0 Å². The van der Waals surface area contributed by atoms with E-state index in [4.69, 9.17) is 4.74 Å². The van der Waals surface area contributed by atoms with Crippen molar-refractivity contribution >= 4 is 17.2 Å². The van der Waals surface area contributed by atoms with Gasteiger partial charge in [0.25, 0.3) is 5.91 Å². The molecule has 1 N–H and O–H groups in total. The van der Waals surface area contributed by atoms with Gasteiger partial charge in [0, 0.05) is 31.6 Å². The minimum atomic E-state index is -0.0809. The monoisotopic (exact) mass is 255 g/mol. The van der Waals surface area contributed by atoms with Gasteiger partial charge in [-0.3, -0.25) is 9.69 Å². The summed E-state index contributed by atoms with van der Waals surface area (Å²) < 4.78 is 5.26. The maximum absolute atomic E-state index is 11.7. The Morgan fingerprint density at radius 1 is 1.59 bits per heavy atom. The molecule has 0 bridgehead atoms. The molecule has 0 saturated carbocycles. The van der Waals surface area contributed by atoms with Crippen LogP contribution >= 0.6 is 11.3 Å². The molecule has 0 radical (unpaired) electrons. The highest BCUT2D eigenvalue weighted by atomic mass is 32.1. The Balaban J connectivity index is 1.69. The number of hydrogen-bond donors (Lipinski definition) is 1. The largest absolute Gasteiger partial charge is 0.379 e. The second kappa shape index (κ2) is 6.09. The lowest BCUT2D eigenvalue weighted by Gasteiger charge is -2.26. The van der Waals surface area contributed by atoms with Crippen LogP contribution in [0.2, 0.25) is 0 Å². The van der Waals surface area contributed by atoms with Crippen LogP contribution in [0.3, 0.4) is 0 Å². The van der Waals surface area contributed by atoms with Crippen LogP contribution in [0.4, 0.5) is 0 Å². The summed E-state index contributed by atoms with van der Waals surface area (Å²) in [5, 5.41) is 5.59. The van der Waals surface area contributed by atoms with E-state index in [9.17, 15) is 4.79 Å². The summed E-state index contributed by atoms with van der Waals surface area (Å²) in [6, 6.07) is 0. The van der Waals surface area contributed by atoms with Crippen molar-refractivity contribution in [3.63, 3.8) is 0 Å². The highest BCUT2D eigenvalue weighted by molar-refractivity contribution is 7.09. The molecule has 0 unspecified atom stereocenters. The zero-order valence-corrected chi connectivity index (χ0v) is 10.8. The van der Waals surface area contributed by atoms with E-state index in [0.29, 0.717) is 12.2 Å². The first kappa shape index (κ1) is 12.5. The Bertz CT molecular complexity index is 375. The zero-order chi connectivity index (χ0) is 12.1. The average molecular weight is 255 g/mol. The molecule has 2 heterocycles. The maximum atomic E-state index is 11.7. The molecule has 0 spiro atoms. The van der Waals surface area contributed by atoms with Gasteiger partial charge in [0.15, 0.2) is 0 Å². The molecule has 1 aromatic rings. The second-order valence-corrected chi connectivity index (χ2v) is 5.02. The molecule has 0 aromatic carbocycles. The fourth-order valence-electron chi connectivity index (χ4n) is 1.71. The standard InChI is InChI=1S/C11H17N3O2S/c1-9-13-10(8-17-9)11(15)12-2-3-14-4-6-16-7-5-14/h8H,2-7H2,1H3,(H,12,15). The molecule has 17 heavy (non-hydrogen) atoms. The van der Waals surface area contributed by atoms with Crippen molar-refractivity contribution in [2.24, 2.45) is 0 Å². The predicted octanol–water partition coefficient (Wildman–Crippen LogP) is 0.514. The summed E-state index contributed by atoms with van der Waals surface area (Å²) in [7, 11) is 0. The fraction of sp³-hybridized carbons (Fsp3) is 0.636. The first-order chi connectivity index (χ1) is 8.25. The van der Waals surface area contributed by atoms with E-state index in [-0.39, 0.29) is 5.91 Å². The van der Waals surface area contributed by atoms with Crippen molar-refractivity contribution in [2.75, 3.05) is 39.4 Å². The summed E-state index contributed by atoms with van der Waals surface area (Å²) in [4.78, 5) is 18.1. The molecule has 2 rings (SSSR count). The maximum Gasteiger partial charge on any atom is 0.270 e. The quantitative estimate of drug-likeness (QED) is 0.852. The third kappa shape index (κ3) is 3.76. The van der Waals surface area contributed by atoms with Gasteiger partial charge in [-0.1, -0.05) is 0 Å². The summed E-state index contributed by atoms with van der Waals surface area (Å²) in [6.07, 6.45) is 0. The predicted molar refractivity (Wildman–Crippen MR) is 66.4 cm³/mol. The van der Waals surface area contributed by atoms with Gasteiger partial charge in [-0.05, 0) is 6.92 Å². The van der Waals surface area contributed by atoms with E-state index in [0.717, 1.165) is 37.9 Å². The molecule has 0 atom stereocenters. The summed E-state index contributed by atoms with van der Waals surface area (Å²) >= 11 is 1.50. The fourth-order valence-corrected chi connectivity index (χ4v) is 2.30. The summed E-state index contributed by atoms with van der Waals surface area (Å²) in [5.41, 5.74) is 0.523. The second-order valence-electron chi connectivity index (χ2n) is 3.96. The van der Waals surface area contributed by atoms with E-state index in [2.05, 4.69) is 15.2 Å². The number of aryl methyl sites for hydroxylation is 1. The van der Waals surface area contributed by atoms with Gasteiger partial charge >= 0.3 is 0 Å². The van der Waals surface area contributed by atoms with Gasteiger partial charge in [-0.15, -0.1) is 11.3 Å². The van der Waals surface area contributed by atoms with Gasteiger partial charge in [0.05, 0.1) is 18.2 Å². The molecule has 0 aliphatic carbocycles. The minimum Gasteiger partial charge on any atom is -0.379 e. The van der Waals surface area contributed by atoms with Crippen LogP contribution in [0.15, 0.2) is 5.38 Å². The molecular formula is C11H17N3O2S. The van der Waals surface area contributed by atoms with Gasteiger partial charge in [0.2, 0.25) is 0 Å². The Kier molecular flexibility index (Phi) is 4.47. The van der Waals surface area contributed by atoms with Crippen molar-refractivity contribution in [2.45, 2.75) is 6.92 Å². The first-order valence-electron chi connectivity index (χ1n) is 5.76. The summed E-state index contributed by atoms with van der Waals surface area (Å²) in [5.74, 6) is -0.0809. The van der Waals surface area contributed by atoms with Gasteiger partial charge in [0.1, 0.15) is 5.69 Å². The Hall–Kier alpha value is -0.980. The summed E-state index contributed by atoms with van der Waals surface area (Å²) in [6.45, 7) is 6.92. The number of amides is 1. The molecule has 1 fully saturated rings. The third-order valence-electron chi connectivity index (χ3n) is 2.67. The number of aromatic nitrogens is 1. The average Bonchev–Trinajstić information content (AvgIpc) is 2.77. The molecule has 1 saturated heterocycles. The molecular weight excluding hydrogens is 238 g/mol. The molecule has 1 amide bonds. The van der Waals surface area contributed by atoms with Crippen LogP contribution in [0.25, 0.3) is 0 Å². The molecule has 1 aliphatic heterocycles. The topological polar surface area (TPSA) is 54.5 Å². The smallest absolute Gasteiger partial charge is 0.270 e. The number of nitrogens with one attached hydrogen (secondary N) is 1.